The predicted octanol–water partition coefficient (Wildman–Crippen LogP) is 0.804. The third kappa shape index (κ3) is 2.99. The molecule has 0 aromatic heterocycles. The number of alkyl halides is 2. The minimum Gasteiger partial charge on any atom is -0.336 e. The normalized spacial score (nSPS) is 19.2. The first-order valence-electron chi connectivity index (χ1n) is 4.19. The van der Waals surface area contributed by atoms with Gasteiger partial charge in [-0.2, -0.15) is 8.78 Å². The number of nitrogens with zero attached hydrogens (tertiary/aromatic N) is 1. The van der Waals surface area contributed by atoms with Crippen LogP contribution in [0.3, 0.4) is 0 Å². The van der Waals surface area contributed by atoms with Gasteiger partial charge in [-0.25, -0.2) is 0 Å². The molecule has 14 heavy (non-hydrogen) atoms. The number of hydrogen-bond acceptors (Lipinski definition) is 4. The Morgan fingerprint density at radius 3 is 2.29 bits per heavy atom. The van der Waals surface area contributed by atoms with E-state index in [1.165, 1.54) is 4.90 Å². The quantitative estimate of drug-likeness (QED) is 0.728. The summed E-state index contributed by atoms with van der Waals surface area (Å²) < 4.78 is 25.9. The Morgan fingerprint density at radius 2 is 1.86 bits per heavy atom. The zero-order valence-corrected chi connectivity index (χ0v) is 9.17. The van der Waals surface area contributed by atoms with Crippen molar-refractivity contribution in [2.75, 3.05) is 31.1 Å². The monoisotopic (exact) mass is 242 g/mol. The van der Waals surface area contributed by atoms with Crippen molar-refractivity contribution < 1.29 is 13.6 Å². The fourth-order valence-corrected chi connectivity index (χ4v) is 3.03. The molecule has 0 bridgehead atoms. The number of rotatable bonds is 2. The van der Waals surface area contributed by atoms with Crippen LogP contribution in [0.2, 0.25) is 0 Å². The van der Waals surface area contributed by atoms with Gasteiger partial charge in [-0.05, 0) is 0 Å². The van der Waals surface area contributed by atoms with Crippen LogP contribution in [0.4, 0.5) is 8.78 Å². The van der Waals surface area contributed by atoms with Crippen molar-refractivity contribution in [3.63, 3.8) is 0 Å². The molecule has 1 aliphatic rings. The summed E-state index contributed by atoms with van der Waals surface area (Å²) in [5.41, 5.74) is 4.85. The standard InChI is InChI=1S/C7H12F2N2OS2/c8-7(9,5-10)6(12)11-1-3-13-14-4-2-11/h1-5,10H2. The number of carbonyl (C=O) groups excluding carboxylic acids is 1. The maximum Gasteiger partial charge on any atom is 0.336 e. The summed E-state index contributed by atoms with van der Waals surface area (Å²) in [5.74, 6) is -3.16. The van der Waals surface area contributed by atoms with E-state index in [9.17, 15) is 13.6 Å². The van der Waals surface area contributed by atoms with E-state index >= 15 is 0 Å². The zero-order valence-electron chi connectivity index (χ0n) is 7.54. The molecule has 1 heterocycles. The molecule has 7 heteroatoms. The highest BCUT2D eigenvalue weighted by Crippen LogP contribution is 2.25. The number of hydrogen-bond donors (Lipinski definition) is 1. The van der Waals surface area contributed by atoms with Crippen LogP contribution >= 0.6 is 21.6 Å². The van der Waals surface area contributed by atoms with Crippen LogP contribution in [0, 0.1) is 0 Å². The number of amides is 1. The molecule has 1 saturated heterocycles. The van der Waals surface area contributed by atoms with E-state index in [4.69, 9.17) is 5.73 Å². The first-order valence-corrected chi connectivity index (χ1v) is 6.68. The van der Waals surface area contributed by atoms with Crippen LogP contribution < -0.4 is 5.73 Å². The van der Waals surface area contributed by atoms with E-state index in [0.717, 1.165) is 0 Å². The Hall–Kier alpha value is -0.0100. The highest BCUT2D eigenvalue weighted by atomic mass is 33.1. The minimum atomic E-state index is -3.40. The molecule has 0 unspecified atom stereocenters. The summed E-state index contributed by atoms with van der Waals surface area (Å²) in [4.78, 5) is 12.5. The van der Waals surface area contributed by atoms with Gasteiger partial charge in [-0.1, -0.05) is 21.6 Å². The molecule has 82 valence electrons. The largest absolute Gasteiger partial charge is 0.336 e. The topological polar surface area (TPSA) is 46.3 Å². The van der Waals surface area contributed by atoms with Gasteiger partial charge >= 0.3 is 5.92 Å². The van der Waals surface area contributed by atoms with Gasteiger partial charge in [0.1, 0.15) is 0 Å². The van der Waals surface area contributed by atoms with Crippen molar-refractivity contribution in [2.24, 2.45) is 5.73 Å². The molecule has 1 fully saturated rings. The summed E-state index contributed by atoms with van der Waals surface area (Å²) in [6.07, 6.45) is 0. The van der Waals surface area contributed by atoms with Gasteiger partial charge in [-0.3, -0.25) is 4.79 Å². The fraction of sp³-hybridized carbons (Fsp3) is 0.857. The zero-order chi connectivity index (χ0) is 10.6. The average molecular weight is 242 g/mol. The van der Waals surface area contributed by atoms with Gasteiger partial charge in [0.15, 0.2) is 0 Å². The van der Waals surface area contributed by atoms with E-state index in [1.54, 1.807) is 21.6 Å². The van der Waals surface area contributed by atoms with Crippen molar-refractivity contribution in [3.05, 3.63) is 0 Å². The number of nitrogens with two attached hydrogens (primary N) is 1. The molecule has 0 atom stereocenters. The molecule has 1 aliphatic heterocycles. The molecule has 1 amide bonds. The van der Waals surface area contributed by atoms with Crippen LogP contribution in [0.5, 0.6) is 0 Å². The lowest BCUT2D eigenvalue weighted by Crippen LogP contribution is -2.48. The SMILES string of the molecule is NCC(F)(F)C(=O)N1CCSSCC1. The van der Waals surface area contributed by atoms with Crippen molar-refractivity contribution in [2.45, 2.75) is 5.92 Å². The average Bonchev–Trinajstić information content (AvgIpc) is 2.44. The highest BCUT2D eigenvalue weighted by Gasteiger charge is 2.40. The minimum absolute atomic E-state index is 0.381. The van der Waals surface area contributed by atoms with Crippen LogP contribution in [0.25, 0.3) is 0 Å². The molecule has 0 aromatic carbocycles. The lowest BCUT2D eigenvalue weighted by molar-refractivity contribution is -0.155. The van der Waals surface area contributed by atoms with Gasteiger partial charge in [0.05, 0.1) is 6.54 Å². The van der Waals surface area contributed by atoms with E-state index in [-0.39, 0.29) is 0 Å². The van der Waals surface area contributed by atoms with Crippen molar-refractivity contribution in [3.8, 4) is 0 Å². The summed E-state index contributed by atoms with van der Waals surface area (Å²) in [5, 5.41) is 0. The predicted molar refractivity (Wildman–Crippen MR) is 55.5 cm³/mol. The van der Waals surface area contributed by atoms with Crippen LogP contribution in [-0.2, 0) is 4.79 Å². The van der Waals surface area contributed by atoms with Crippen LogP contribution in [-0.4, -0.2) is 47.9 Å². The van der Waals surface area contributed by atoms with Gasteiger partial charge in [0.2, 0.25) is 0 Å². The van der Waals surface area contributed by atoms with E-state index in [0.29, 0.717) is 24.6 Å². The van der Waals surface area contributed by atoms with Crippen LogP contribution in [0.15, 0.2) is 0 Å². The lowest BCUT2D eigenvalue weighted by Gasteiger charge is -2.24. The van der Waals surface area contributed by atoms with Gasteiger partial charge in [-0.15, -0.1) is 0 Å². The molecule has 0 aliphatic carbocycles. The summed E-state index contributed by atoms with van der Waals surface area (Å²) in [6.45, 7) is -0.152. The van der Waals surface area contributed by atoms with Gasteiger partial charge < -0.3 is 10.6 Å². The second kappa shape index (κ2) is 5.18. The lowest BCUT2D eigenvalue weighted by atomic mass is 10.3. The van der Waals surface area contributed by atoms with Crippen LogP contribution in [0.1, 0.15) is 0 Å². The molecule has 0 saturated carbocycles. The van der Waals surface area contributed by atoms with E-state index in [1.807, 2.05) is 0 Å². The third-order valence-electron chi connectivity index (χ3n) is 1.83. The first-order chi connectivity index (χ1) is 6.58. The highest BCUT2D eigenvalue weighted by molar-refractivity contribution is 8.76. The Labute approximate surface area is 89.2 Å². The number of halogens is 2. The molecule has 2 N–H and O–H groups in total. The Balaban J connectivity index is 2.58. The first kappa shape index (κ1) is 12.1. The van der Waals surface area contributed by atoms with Crippen molar-refractivity contribution in [1.82, 2.24) is 4.90 Å². The van der Waals surface area contributed by atoms with Gasteiger partial charge in [0, 0.05) is 24.6 Å². The molecule has 0 aromatic rings. The Kier molecular flexibility index (Phi) is 4.46. The molecule has 3 nitrogen and oxygen atoms in total. The molecule has 1 rings (SSSR count). The van der Waals surface area contributed by atoms with Crippen molar-refractivity contribution >= 4 is 27.5 Å². The summed E-state index contributed by atoms with van der Waals surface area (Å²) in [6, 6.07) is 0. The van der Waals surface area contributed by atoms with E-state index < -0.39 is 18.4 Å². The second-order valence-corrected chi connectivity index (χ2v) is 5.55. The Morgan fingerprint density at radius 1 is 1.36 bits per heavy atom. The van der Waals surface area contributed by atoms with E-state index in [2.05, 4.69) is 0 Å². The molecule has 0 radical (unpaired) electrons. The Bertz CT molecular complexity index is 208. The molecular weight excluding hydrogens is 230 g/mol. The third-order valence-corrected chi connectivity index (χ3v) is 4.19. The smallest absolute Gasteiger partial charge is 0.336 e. The molecule has 0 spiro atoms. The second-order valence-electron chi connectivity index (χ2n) is 2.84. The summed E-state index contributed by atoms with van der Waals surface area (Å²) >= 11 is 0. The maximum absolute atomic E-state index is 12.9. The maximum atomic E-state index is 12.9. The molecular formula is C7H12F2N2OS2. The fourth-order valence-electron chi connectivity index (χ4n) is 1.05. The van der Waals surface area contributed by atoms with Gasteiger partial charge in [0.25, 0.3) is 5.91 Å². The van der Waals surface area contributed by atoms with Crippen molar-refractivity contribution in [1.29, 1.82) is 0 Å². The number of carbonyl (C=O) groups is 1. The summed E-state index contributed by atoms with van der Waals surface area (Å²) in [7, 11) is 3.20.